The van der Waals surface area contributed by atoms with E-state index in [-0.39, 0.29) is 0 Å². The van der Waals surface area contributed by atoms with Gasteiger partial charge in [-0.1, -0.05) is 19.4 Å². The quantitative estimate of drug-likeness (QED) is 0.461. The number of nitrogens with zero attached hydrogens (tertiary/aromatic N) is 2. The van der Waals surface area contributed by atoms with Gasteiger partial charge in [-0.05, 0) is 43.2 Å². The van der Waals surface area contributed by atoms with E-state index in [0.29, 0.717) is 0 Å². The van der Waals surface area contributed by atoms with Crippen LogP contribution in [0.3, 0.4) is 0 Å². The van der Waals surface area contributed by atoms with Gasteiger partial charge in [0, 0.05) is 38.1 Å². The largest absolute Gasteiger partial charge is 0.356 e. The summed E-state index contributed by atoms with van der Waals surface area (Å²) in [4.78, 5) is 8.38. The van der Waals surface area contributed by atoms with Crippen LogP contribution in [0, 0.1) is 5.92 Å². The van der Waals surface area contributed by atoms with Gasteiger partial charge in [-0.25, -0.2) is 0 Å². The van der Waals surface area contributed by atoms with E-state index in [0.717, 1.165) is 31.5 Å². The summed E-state index contributed by atoms with van der Waals surface area (Å²) in [5.41, 5.74) is 0. The number of hydrogen-bond acceptors (Lipinski definition) is 3. The van der Waals surface area contributed by atoms with Crippen molar-refractivity contribution in [2.45, 2.75) is 39.2 Å². The third kappa shape index (κ3) is 5.97. The lowest BCUT2D eigenvalue weighted by Gasteiger charge is -2.32. The van der Waals surface area contributed by atoms with Crippen molar-refractivity contribution in [2.75, 3.05) is 33.2 Å². The number of guanidine groups is 1. The third-order valence-corrected chi connectivity index (χ3v) is 5.03. The van der Waals surface area contributed by atoms with Crippen LogP contribution in [0.5, 0.6) is 0 Å². The number of piperidine rings is 1. The third-order valence-electron chi connectivity index (χ3n) is 4.17. The standard InChI is InChI=1S/C17H30N4S/c1-3-4-9-19-17(18-2)20-12-15-7-5-10-21(13-15)14-16-8-6-11-22-16/h6,8,11,15H,3-5,7,9-10,12-14H2,1-2H3,(H2,18,19,20). The highest BCUT2D eigenvalue weighted by Crippen LogP contribution is 2.19. The fourth-order valence-corrected chi connectivity index (χ4v) is 3.68. The Morgan fingerprint density at radius 1 is 1.45 bits per heavy atom. The minimum absolute atomic E-state index is 0.721. The van der Waals surface area contributed by atoms with E-state index in [4.69, 9.17) is 0 Å². The number of hydrogen-bond donors (Lipinski definition) is 2. The second-order valence-electron chi connectivity index (χ2n) is 6.06. The van der Waals surface area contributed by atoms with Crippen LogP contribution in [0.15, 0.2) is 22.5 Å². The molecule has 1 aromatic rings. The molecular weight excluding hydrogens is 292 g/mol. The molecule has 0 amide bonds. The van der Waals surface area contributed by atoms with E-state index in [1.54, 1.807) is 0 Å². The maximum atomic E-state index is 4.31. The van der Waals surface area contributed by atoms with Crippen LogP contribution in [0.2, 0.25) is 0 Å². The van der Waals surface area contributed by atoms with Gasteiger partial charge >= 0.3 is 0 Å². The van der Waals surface area contributed by atoms with Crippen molar-refractivity contribution >= 4 is 17.3 Å². The van der Waals surface area contributed by atoms with Gasteiger partial charge in [0.2, 0.25) is 0 Å². The van der Waals surface area contributed by atoms with Crippen LogP contribution in [-0.4, -0.2) is 44.1 Å². The van der Waals surface area contributed by atoms with E-state index in [2.05, 4.69) is 45.0 Å². The van der Waals surface area contributed by atoms with Crippen molar-refractivity contribution in [3.05, 3.63) is 22.4 Å². The summed E-state index contributed by atoms with van der Waals surface area (Å²) in [6.45, 7) is 7.77. The zero-order chi connectivity index (χ0) is 15.6. The van der Waals surface area contributed by atoms with Gasteiger partial charge in [0.25, 0.3) is 0 Å². The van der Waals surface area contributed by atoms with Gasteiger partial charge < -0.3 is 10.6 Å². The van der Waals surface area contributed by atoms with E-state index in [1.165, 1.54) is 43.6 Å². The van der Waals surface area contributed by atoms with Gasteiger partial charge in [-0.3, -0.25) is 9.89 Å². The van der Waals surface area contributed by atoms with Crippen molar-refractivity contribution in [1.29, 1.82) is 0 Å². The van der Waals surface area contributed by atoms with Gasteiger partial charge in [0.05, 0.1) is 0 Å². The summed E-state index contributed by atoms with van der Waals surface area (Å²) < 4.78 is 0. The molecule has 1 atom stereocenters. The number of likely N-dealkylation sites (tertiary alicyclic amines) is 1. The van der Waals surface area contributed by atoms with E-state index in [9.17, 15) is 0 Å². The Kier molecular flexibility index (Phi) is 7.74. The Labute approximate surface area is 139 Å². The van der Waals surface area contributed by atoms with E-state index >= 15 is 0 Å². The summed E-state index contributed by atoms with van der Waals surface area (Å²) in [5.74, 6) is 1.67. The number of nitrogens with one attached hydrogen (secondary N) is 2. The van der Waals surface area contributed by atoms with Crippen molar-refractivity contribution in [1.82, 2.24) is 15.5 Å². The second kappa shape index (κ2) is 9.85. The van der Waals surface area contributed by atoms with Gasteiger partial charge in [-0.15, -0.1) is 11.3 Å². The fraction of sp³-hybridized carbons (Fsp3) is 0.706. The molecule has 2 N–H and O–H groups in total. The molecule has 2 rings (SSSR count). The number of thiophene rings is 1. The molecule has 1 aliphatic heterocycles. The lowest BCUT2D eigenvalue weighted by molar-refractivity contribution is 0.169. The van der Waals surface area contributed by atoms with Gasteiger partial charge in [-0.2, -0.15) is 0 Å². The van der Waals surface area contributed by atoms with E-state index < -0.39 is 0 Å². The molecule has 1 aliphatic rings. The van der Waals surface area contributed by atoms with Crippen LogP contribution in [0.25, 0.3) is 0 Å². The molecule has 2 heterocycles. The molecule has 4 nitrogen and oxygen atoms in total. The smallest absolute Gasteiger partial charge is 0.190 e. The predicted octanol–water partition coefficient (Wildman–Crippen LogP) is 2.93. The van der Waals surface area contributed by atoms with Crippen LogP contribution >= 0.6 is 11.3 Å². The molecule has 0 saturated carbocycles. The summed E-state index contributed by atoms with van der Waals surface area (Å²) in [5, 5.41) is 9.05. The predicted molar refractivity (Wildman–Crippen MR) is 96.6 cm³/mol. The molecule has 1 unspecified atom stereocenters. The molecule has 1 saturated heterocycles. The highest BCUT2D eigenvalue weighted by atomic mass is 32.1. The van der Waals surface area contributed by atoms with Crippen molar-refractivity contribution < 1.29 is 0 Å². The average Bonchev–Trinajstić information content (AvgIpc) is 3.04. The summed E-state index contributed by atoms with van der Waals surface area (Å²) in [6.07, 6.45) is 5.03. The van der Waals surface area contributed by atoms with Crippen molar-refractivity contribution in [3.8, 4) is 0 Å². The van der Waals surface area contributed by atoms with Crippen LogP contribution < -0.4 is 10.6 Å². The Bertz CT molecular complexity index is 430. The molecule has 0 aromatic carbocycles. The molecule has 124 valence electrons. The Hall–Kier alpha value is -1.07. The molecule has 0 bridgehead atoms. The zero-order valence-electron chi connectivity index (χ0n) is 14.0. The highest BCUT2D eigenvalue weighted by molar-refractivity contribution is 7.09. The highest BCUT2D eigenvalue weighted by Gasteiger charge is 2.20. The minimum Gasteiger partial charge on any atom is -0.356 e. The molecule has 1 aromatic heterocycles. The van der Waals surface area contributed by atoms with Gasteiger partial charge in [0.15, 0.2) is 5.96 Å². The first kappa shape index (κ1) is 17.3. The van der Waals surface area contributed by atoms with Crippen molar-refractivity contribution in [2.24, 2.45) is 10.9 Å². The summed E-state index contributed by atoms with van der Waals surface area (Å²) >= 11 is 1.86. The van der Waals surface area contributed by atoms with Gasteiger partial charge in [0.1, 0.15) is 0 Å². The monoisotopic (exact) mass is 322 g/mol. The molecule has 0 radical (unpaired) electrons. The fourth-order valence-electron chi connectivity index (χ4n) is 2.93. The van der Waals surface area contributed by atoms with E-state index in [1.807, 2.05) is 18.4 Å². The maximum Gasteiger partial charge on any atom is 0.190 e. The van der Waals surface area contributed by atoms with Crippen LogP contribution in [0.4, 0.5) is 0 Å². The molecule has 1 fully saturated rings. The Morgan fingerprint density at radius 3 is 3.09 bits per heavy atom. The molecule has 0 spiro atoms. The first-order valence-corrected chi connectivity index (χ1v) is 9.39. The summed E-state index contributed by atoms with van der Waals surface area (Å²) in [7, 11) is 1.85. The average molecular weight is 323 g/mol. The SMILES string of the molecule is CCCCNC(=NC)NCC1CCCN(Cc2cccs2)C1. The number of aliphatic imine (C=N–C) groups is 1. The normalized spacial score (nSPS) is 20.1. The topological polar surface area (TPSA) is 39.7 Å². The van der Waals surface area contributed by atoms with Crippen LogP contribution in [-0.2, 0) is 6.54 Å². The zero-order valence-corrected chi connectivity index (χ0v) is 14.8. The first-order valence-electron chi connectivity index (χ1n) is 8.51. The first-order chi connectivity index (χ1) is 10.8. The summed E-state index contributed by atoms with van der Waals surface area (Å²) in [6, 6.07) is 4.39. The molecule has 0 aliphatic carbocycles. The molecule has 5 heteroatoms. The maximum absolute atomic E-state index is 4.31. The molecule has 22 heavy (non-hydrogen) atoms. The lowest BCUT2D eigenvalue weighted by atomic mass is 9.98. The minimum atomic E-state index is 0.721. The van der Waals surface area contributed by atoms with Crippen molar-refractivity contribution in [3.63, 3.8) is 0 Å². The molecular formula is C17H30N4S. The Balaban J connectivity index is 1.70. The second-order valence-corrected chi connectivity index (χ2v) is 7.09. The number of rotatable bonds is 7. The lowest BCUT2D eigenvalue weighted by Crippen LogP contribution is -2.44. The van der Waals surface area contributed by atoms with Crippen LogP contribution in [0.1, 0.15) is 37.5 Å². The Morgan fingerprint density at radius 2 is 2.36 bits per heavy atom. The number of unbranched alkanes of at least 4 members (excludes halogenated alkanes) is 1.